The Hall–Kier alpha value is -3.35. The number of carbonyl (C=O) groups excluding carboxylic acids is 2. The van der Waals surface area contributed by atoms with E-state index in [4.69, 9.17) is 4.74 Å². The normalized spacial score (nSPS) is 23.7. The van der Waals surface area contributed by atoms with Crippen LogP contribution in [0.15, 0.2) is 48.5 Å². The predicted octanol–water partition coefficient (Wildman–Crippen LogP) is 3.87. The number of rotatable bonds is 6. The van der Waals surface area contributed by atoms with Crippen molar-refractivity contribution < 1.29 is 24.2 Å². The summed E-state index contributed by atoms with van der Waals surface area (Å²) in [4.78, 5) is 38.9. The van der Waals surface area contributed by atoms with Gasteiger partial charge < -0.3 is 20.1 Å². The van der Waals surface area contributed by atoms with E-state index in [-0.39, 0.29) is 36.9 Å². The molecule has 2 aromatic rings. The maximum Gasteiger partial charge on any atom is 0.407 e. The lowest BCUT2D eigenvalue weighted by Crippen LogP contribution is -2.58. The van der Waals surface area contributed by atoms with Crippen molar-refractivity contribution in [3.8, 4) is 11.1 Å². The number of carboxylic acids is 1. The summed E-state index contributed by atoms with van der Waals surface area (Å²) in [6, 6.07) is 16.1. The number of hydrogen-bond acceptors (Lipinski definition) is 4. The van der Waals surface area contributed by atoms with Gasteiger partial charge >= 0.3 is 12.1 Å². The molecule has 34 heavy (non-hydrogen) atoms. The Labute approximate surface area is 199 Å². The molecule has 2 heterocycles. The van der Waals surface area contributed by atoms with Crippen molar-refractivity contribution in [3.05, 3.63) is 59.7 Å². The number of ether oxygens (including phenoxy) is 1. The molecule has 2 aliphatic carbocycles. The van der Waals surface area contributed by atoms with Gasteiger partial charge in [-0.3, -0.25) is 9.59 Å². The van der Waals surface area contributed by atoms with Gasteiger partial charge in [-0.2, -0.15) is 0 Å². The third-order valence-corrected chi connectivity index (χ3v) is 7.70. The number of hydrogen-bond donors (Lipinski definition) is 2. The van der Waals surface area contributed by atoms with E-state index in [1.54, 1.807) is 11.8 Å². The fourth-order valence-electron chi connectivity index (χ4n) is 5.97. The van der Waals surface area contributed by atoms with E-state index in [0.29, 0.717) is 13.0 Å². The Morgan fingerprint density at radius 3 is 2.32 bits per heavy atom. The quantitative estimate of drug-likeness (QED) is 0.679. The minimum atomic E-state index is -0.823. The van der Waals surface area contributed by atoms with Gasteiger partial charge in [0.05, 0.1) is 11.8 Å². The highest BCUT2D eigenvalue weighted by Crippen LogP contribution is 2.44. The molecule has 4 atom stereocenters. The largest absolute Gasteiger partial charge is 0.481 e. The van der Waals surface area contributed by atoms with Crippen LogP contribution in [0.5, 0.6) is 0 Å². The van der Waals surface area contributed by atoms with Gasteiger partial charge in [-0.15, -0.1) is 0 Å². The number of nitrogens with one attached hydrogen (secondary N) is 1. The summed E-state index contributed by atoms with van der Waals surface area (Å²) in [5.74, 6) is -1.63. The van der Waals surface area contributed by atoms with Gasteiger partial charge in [0, 0.05) is 25.0 Å². The summed E-state index contributed by atoms with van der Waals surface area (Å²) in [6.45, 7) is 2.76. The first kappa shape index (κ1) is 22.4. The van der Waals surface area contributed by atoms with Crippen LogP contribution in [-0.4, -0.2) is 53.7 Å². The average Bonchev–Trinajstić information content (AvgIpc) is 3.19. The maximum atomic E-state index is 13.1. The first-order valence-corrected chi connectivity index (χ1v) is 12.1. The molecule has 0 aromatic heterocycles. The molecule has 7 nitrogen and oxygen atoms in total. The molecule has 2 bridgehead atoms. The van der Waals surface area contributed by atoms with Crippen LogP contribution in [0.4, 0.5) is 4.79 Å². The van der Waals surface area contributed by atoms with E-state index >= 15 is 0 Å². The minimum Gasteiger partial charge on any atom is -0.481 e. The average molecular weight is 463 g/mol. The molecule has 4 unspecified atom stereocenters. The Bertz CT molecular complexity index is 1070. The zero-order valence-corrected chi connectivity index (χ0v) is 19.3. The van der Waals surface area contributed by atoms with Crippen LogP contribution in [-0.2, 0) is 14.3 Å². The summed E-state index contributed by atoms with van der Waals surface area (Å²) < 4.78 is 5.56. The van der Waals surface area contributed by atoms with Crippen LogP contribution >= 0.6 is 0 Å². The van der Waals surface area contributed by atoms with Gasteiger partial charge in [-0.1, -0.05) is 55.5 Å². The molecular formula is C27H30N2O5. The first-order chi connectivity index (χ1) is 16.4. The molecule has 2 saturated heterocycles. The van der Waals surface area contributed by atoms with Crippen molar-refractivity contribution in [1.82, 2.24) is 10.2 Å². The SMILES string of the molecule is CC(CNC(=O)OCC1c2ccccc2-c2ccccc21)C(=O)N1CC2CCC1C(C(=O)O)C2. The van der Waals surface area contributed by atoms with Gasteiger partial charge in [0.2, 0.25) is 5.91 Å². The molecule has 1 saturated carbocycles. The molecular weight excluding hydrogens is 432 g/mol. The lowest BCUT2D eigenvalue weighted by molar-refractivity contribution is -0.157. The van der Waals surface area contributed by atoms with Gasteiger partial charge in [0.1, 0.15) is 6.61 Å². The first-order valence-electron chi connectivity index (χ1n) is 12.1. The molecule has 4 aliphatic rings. The van der Waals surface area contributed by atoms with Crippen LogP contribution in [0.2, 0.25) is 0 Å². The number of aliphatic carboxylic acids is 1. The minimum absolute atomic E-state index is 0.0194. The van der Waals surface area contributed by atoms with Gasteiger partial charge in [-0.05, 0) is 47.4 Å². The van der Waals surface area contributed by atoms with Crippen LogP contribution < -0.4 is 5.32 Å². The molecule has 2 aromatic carbocycles. The van der Waals surface area contributed by atoms with Crippen molar-refractivity contribution in [3.63, 3.8) is 0 Å². The Morgan fingerprint density at radius 2 is 1.71 bits per heavy atom. The molecule has 0 spiro atoms. The van der Waals surface area contributed by atoms with E-state index in [1.165, 1.54) is 11.1 Å². The van der Waals surface area contributed by atoms with Crippen molar-refractivity contribution >= 4 is 18.0 Å². The Balaban J connectivity index is 1.16. The van der Waals surface area contributed by atoms with E-state index in [1.807, 2.05) is 24.3 Å². The fourth-order valence-corrected chi connectivity index (χ4v) is 5.97. The molecule has 7 heteroatoms. The van der Waals surface area contributed by atoms with Crippen molar-refractivity contribution in [1.29, 1.82) is 0 Å². The van der Waals surface area contributed by atoms with Gasteiger partial charge in [-0.25, -0.2) is 4.79 Å². The van der Waals surface area contributed by atoms with Crippen LogP contribution in [0.3, 0.4) is 0 Å². The second-order valence-corrected chi connectivity index (χ2v) is 9.79. The molecule has 0 radical (unpaired) electrons. The molecule has 2 N–H and O–H groups in total. The highest BCUT2D eigenvalue weighted by Gasteiger charge is 2.46. The summed E-state index contributed by atoms with van der Waals surface area (Å²) >= 11 is 0. The van der Waals surface area contributed by atoms with E-state index in [9.17, 15) is 19.5 Å². The fraction of sp³-hybridized carbons (Fsp3) is 0.444. The van der Waals surface area contributed by atoms with Crippen LogP contribution in [0.25, 0.3) is 11.1 Å². The third kappa shape index (κ3) is 4.04. The number of benzene rings is 2. The predicted molar refractivity (Wildman–Crippen MR) is 126 cm³/mol. The zero-order chi connectivity index (χ0) is 23.8. The van der Waals surface area contributed by atoms with E-state index in [2.05, 4.69) is 29.6 Å². The van der Waals surface area contributed by atoms with Crippen molar-refractivity contribution in [2.24, 2.45) is 17.8 Å². The lowest BCUT2D eigenvalue weighted by atomic mass is 9.72. The topological polar surface area (TPSA) is 95.9 Å². The van der Waals surface area contributed by atoms with Crippen molar-refractivity contribution in [2.75, 3.05) is 19.7 Å². The molecule has 6 rings (SSSR count). The standard InChI is InChI=1S/C27H30N2O5/c1-16(25(30)29-14-17-10-11-24(29)22(12-17)26(31)32)13-28-27(33)34-15-23-20-8-4-2-6-18(20)19-7-3-5-9-21(19)23/h2-9,16-17,22-24H,10-15H2,1H3,(H,28,33)(H,31,32). The highest BCUT2D eigenvalue weighted by atomic mass is 16.5. The van der Waals surface area contributed by atoms with Crippen LogP contribution in [0, 0.1) is 17.8 Å². The number of alkyl carbamates (subject to hydrolysis) is 1. The Kier molecular flexibility index (Phi) is 6.02. The molecule has 2 amide bonds. The maximum absolute atomic E-state index is 13.1. The number of nitrogens with zero attached hydrogens (tertiary/aromatic N) is 1. The monoisotopic (exact) mass is 462 g/mol. The number of piperidine rings is 2. The summed E-state index contributed by atoms with van der Waals surface area (Å²) in [5, 5.41) is 12.3. The van der Waals surface area contributed by atoms with Gasteiger partial charge in [0.15, 0.2) is 0 Å². The summed E-state index contributed by atoms with van der Waals surface area (Å²) in [5.41, 5.74) is 4.63. The number of carboxylic acid groups (broad SMARTS) is 1. The lowest BCUT2D eigenvalue weighted by Gasteiger charge is -2.49. The van der Waals surface area contributed by atoms with Crippen molar-refractivity contribution in [2.45, 2.75) is 38.1 Å². The summed E-state index contributed by atoms with van der Waals surface area (Å²) in [6.07, 6.45) is 1.81. The second-order valence-electron chi connectivity index (χ2n) is 9.79. The van der Waals surface area contributed by atoms with Crippen LogP contribution in [0.1, 0.15) is 43.2 Å². The molecule has 178 valence electrons. The number of amides is 2. The molecule has 3 fully saturated rings. The second kappa shape index (κ2) is 9.12. The van der Waals surface area contributed by atoms with E-state index < -0.39 is 23.9 Å². The number of fused-ring (bicyclic) bond motifs is 6. The summed E-state index contributed by atoms with van der Waals surface area (Å²) in [7, 11) is 0. The zero-order valence-electron chi connectivity index (χ0n) is 19.3. The smallest absolute Gasteiger partial charge is 0.407 e. The molecule has 2 aliphatic heterocycles. The van der Waals surface area contributed by atoms with E-state index in [0.717, 1.165) is 24.0 Å². The highest BCUT2D eigenvalue weighted by molar-refractivity contribution is 5.82. The third-order valence-electron chi connectivity index (χ3n) is 7.70. The van der Waals surface area contributed by atoms with Gasteiger partial charge in [0.25, 0.3) is 0 Å². The Morgan fingerprint density at radius 1 is 1.06 bits per heavy atom. The number of carbonyl (C=O) groups is 3.